The minimum Gasteiger partial charge on any atom is -0.496 e. The monoisotopic (exact) mass is 434 g/mol. The molecule has 1 fully saturated rings. The Hall–Kier alpha value is -3.41. The van der Waals surface area contributed by atoms with Crippen LogP contribution in [-0.2, 0) is 4.79 Å². The van der Waals surface area contributed by atoms with Crippen molar-refractivity contribution in [2.24, 2.45) is 5.92 Å². The molecule has 0 unspecified atom stereocenters. The van der Waals surface area contributed by atoms with Crippen LogP contribution in [0.15, 0.2) is 60.7 Å². The van der Waals surface area contributed by atoms with E-state index >= 15 is 0 Å². The highest BCUT2D eigenvalue weighted by Gasteiger charge is 2.30. The predicted molar refractivity (Wildman–Crippen MR) is 122 cm³/mol. The molecule has 6 heteroatoms. The predicted octanol–water partition coefficient (Wildman–Crippen LogP) is 4.72. The Morgan fingerprint density at radius 2 is 1.78 bits per heavy atom. The van der Waals surface area contributed by atoms with Crippen LogP contribution in [0.4, 0.5) is 4.39 Å². The van der Waals surface area contributed by atoms with Gasteiger partial charge in [0.15, 0.2) is 0 Å². The molecule has 0 radical (unpaired) electrons. The van der Waals surface area contributed by atoms with Gasteiger partial charge in [-0.1, -0.05) is 36.4 Å². The van der Waals surface area contributed by atoms with Gasteiger partial charge < -0.3 is 15.0 Å². The van der Waals surface area contributed by atoms with Gasteiger partial charge in [-0.25, -0.2) is 4.39 Å². The number of nitrogens with one attached hydrogen (secondary N) is 1. The first-order valence-electron chi connectivity index (χ1n) is 10.9. The highest BCUT2D eigenvalue weighted by Crippen LogP contribution is 2.30. The first-order chi connectivity index (χ1) is 15.5. The average molecular weight is 435 g/mol. The first-order valence-corrected chi connectivity index (χ1v) is 10.9. The zero-order valence-corrected chi connectivity index (χ0v) is 18.3. The number of benzene rings is 3. The van der Waals surface area contributed by atoms with Crippen molar-refractivity contribution in [3.05, 3.63) is 77.6 Å². The van der Waals surface area contributed by atoms with Gasteiger partial charge in [0.25, 0.3) is 5.91 Å². The summed E-state index contributed by atoms with van der Waals surface area (Å²) in [6.07, 6.45) is 1.50. The van der Waals surface area contributed by atoms with Crippen LogP contribution in [0, 0.1) is 11.7 Å². The summed E-state index contributed by atoms with van der Waals surface area (Å²) in [7, 11) is 1.62. The molecule has 32 heavy (non-hydrogen) atoms. The van der Waals surface area contributed by atoms with Crippen LogP contribution in [0.5, 0.6) is 5.75 Å². The Morgan fingerprint density at radius 3 is 2.50 bits per heavy atom. The standard InChI is InChI=1S/C26H27FN2O3/c1-17(18-9-11-20(27)12-10-18)28-25(30)19-6-5-15-29(16-19)26(31)23-13-14-24(32-2)22-8-4-3-7-21(22)23/h3-4,7-14,17,19H,5-6,15-16H2,1-2H3,(H,28,30)/t17-,19-/m1/s1. The van der Waals surface area contributed by atoms with E-state index in [9.17, 15) is 14.0 Å². The lowest BCUT2D eigenvalue weighted by Crippen LogP contribution is -2.45. The highest BCUT2D eigenvalue weighted by atomic mass is 19.1. The van der Waals surface area contributed by atoms with Crippen LogP contribution >= 0.6 is 0 Å². The van der Waals surface area contributed by atoms with E-state index in [1.54, 1.807) is 30.2 Å². The number of rotatable bonds is 5. The van der Waals surface area contributed by atoms with E-state index in [0.717, 1.165) is 34.9 Å². The number of fused-ring (bicyclic) bond motifs is 1. The minimum atomic E-state index is -0.306. The molecule has 1 heterocycles. The van der Waals surface area contributed by atoms with Gasteiger partial charge in [0.05, 0.1) is 19.1 Å². The number of ether oxygens (including phenoxy) is 1. The zero-order valence-electron chi connectivity index (χ0n) is 18.3. The fourth-order valence-corrected chi connectivity index (χ4v) is 4.35. The molecule has 1 saturated heterocycles. The maximum absolute atomic E-state index is 13.4. The Bertz CT molecular complexity index is 1130. The van der Waals surface area contributed by atoms with E-state index in [2.05, 4.69) is 5.32 Å². The lowest BCUT2D eigenvalue weighted by molar-refractivity contribution is -0.127. The fraction of sp³-hybridized carbons (Fsp3) is 0.308. The summed E-state index contributed by atoms with van der Waals surface area (Å²) in [5.74, 6) is -0.0189. The summed E-state index contributed by atoms with van der Waals surface area (Å²) < 4.78 is 18.6. The molecule has 0 aromatic heterocycles. The number of hydrogen-bond acceptors (Lipinski definition) is 3. The molecule has 3 aromatic carbocycles. The van der Waals surface area contributed by atoms with Gasteiger partial charge in [0.2, 0.25) is 5.91 Å². The quantitative estimate of drug-likeness (QED) is 0.632. The summed E-state index contributed by atoms with van der Waals surface area (Å²) in [6, 6.07) is 17.2. The SMILES string of the molecule is COc1ccc(C(=O)N2CCC[C@@H](C(=O)N[C@H](C)c3ccc(F)cc3)C2)c2ccccc12. The van der Waals surface area contributed by atoms with Crippen LogP contribution in [0.2, 0.25) is 0 Å². The molecular formula is C26H27FN2O3. The van der Waals surface area contributed by atoms with Gasteiger partial charge in [0.1, 0.15) is 11.6 Å². The van der Waals surface area contributed by atoms with Gasteiger partial charge >= 0.3 is 0 Å². The third-order valence-electron chi connectivity index (χ3n) is 6.14. The van der Waals surface area contributed by atoms with Gasteiger partial charge in [-0.15, -0.1) is 0 Å². The van der Waals surface area contributed by atoms with E-state index in [-0.39, 0.29) is 29.6 Å². The van der Waals surface area contributed by atoms with Crippen LogP contribution in [0.1, 0.15) is 41.7 Å². The smallest absolute Gasteiger partial charge is 0.254 e. The molecule has 4 rings (SSSR count). The van der Waals surface area contributed by atoms with E-state index in [1.165, 1.54) is 12.1 Å². The van der Waals surface area contributed by atoms with Crippen LogP contribution in [0.25, 0.3) is 10.8 Å². The second kappa shape index (κ2) is 9.39. The number of methoxy groups -OCH3 is 1. The molecule has 0 spiro atoms. The number of piperidine rings is 1. The van der Waals surface area contributed by atoms with Crippen molar-refractivity contribution in [3.8, 4) is 5.75 Å². The van der Waals surface area contributed by atoms with E-state index < -0.39 is 0 Å². The van der Waals surface area contributed by atoms with Crippen molar-refractivity contribution >= 4 is 22.6 Å². The summed E-state index contributed by atoms with van der Waals surface area (Å²) in [6.45, 7) is 2.87. The summed E-state index contributed by atoms with van der Waals surface area (Å²) >= 11 is 0. The van der Waals surface area contributed by atoms with Crippen molar-refractivity contribution in [2.45, 2.75) is 25.8 Å². The van der Waals surface area contributed by atoms with Crippen molar-refractivity contribution in [2.75, 3.05) is 20.2 Å². The topological polar surface area (TPSA) is 58.6 Å². The van der Waals surface area contributed by atoms with Gasteiger partial charge in [0, 0.05) is 24.0 Å². The Balaban J connectivity index is 1.48. The van der Waals surface area contributed by atoms with Crippen molar-refractivity contribution in [1.82, 2.24) is 10.2 Å². The molecule has 2 amide bonds. The summed E-state index contributed by atoms with van der Waals surface area (Å²) in [5, 5.41) is 4.74. The fourth-order valence-electron chi connectivity index (χ4n) is 4.35. The second-order valence-corrected chi connectivity index (χ2v) is 8.23. The van der Waals surface area contributed by atoms with Gasteiger partial charge in [-0.3, -0.25) is 9.59 Å². The number of likely N-dealkylation sites (tertiary alicyclic amines) is 1. The third kappa shape index (κ3) is 4.44. The highest BCUT2D eigenvalue weighted by molar-refractivity contribution is 6.08. The molecule has 1 aliphatic heterocycles. The average Bonchev–Trinajstić information content (AvgIpc) is 2.83. The maximum atomic E-state index is 13.4. The Morgan fingerprint density at radius 1 is 1.06 bits per heavy atom. The van der Waals surface area contributed by atoms with E-state index in [0.29, 0.717) is 18.7 Å². The zero-order chi connectivity index (χ0) is 22.7. The van der Waals surface area contributed by atoms with Crippen molar-refractivity contribution in [3.63, 3.8) is 0 Å². The molecule has 1 aliphatic rings. The van der Waals surface area contributed by atoms with Crippen LogP contribution in [0.3, 0.4) is 0 Å². The number of carbonyl (C=O) groups excluding carboxylic acids is 2. The number of carbonyl (C=O) groups is 2. The lowest BCUT2D eigenvalue weighted by atomic mass is 9.95. The first kappa shape index (κ1) is 21.8. The lowest BCUT2D eigenvalue weighted by Gasteiger charge is -2.33. The molecular weight excluding hydrogens is 407 g/mol. The molecule has 5 nitrogen and oxygen atoms in total. The molecule has 3 aromatic rings. The molecule has 0 bridgehead atoms. The van der Waals surface area contributed by atoms with E-state index in [1.807, 2.05) is 37.3 Å². The third-order valence-corrected chi connectivity index (χ3v) is 6.14. The molecule has 2 atom stereocenters. The van der Waals surface area contributed by atoms with Gasteiger partial charge in [-0.05, 0) is 55.0 Å². The molecule has 0 aliphatic carbocycles. The Kier molecular flexibility index (Phi) is 6.40. The summed E-state index contributed by atoms with van der Waals surface area (Å²) in [5.41, 5.74) is 1.45. The normalized spacial score (nSPS) is 17.1. The molecule has 0 saturated carbocycles. The van der Waals surface area contributed by atoms with Crippen LogP contribution < -0.4 is 10.1 Å². The maximum Gasteiger partial charge on any atom is 0.254 e. The van der Waals surface area contributed by atoms with Crippen molar-refractivity contribution in [1.29, 1.82) is 0 Å². The molecule has 166 valence electrons. The second-order valence-electron chi connectivity index (χ2n) is 8.23. The number of hydrogen-bond donors (Lipinski definition) is 1. The largest absolute Gasteiger partial charge is 0.496 e. The molecule has 1 N–H and O–H groups in total. The van der Waals surface area contributed by atoms with Crippen LogP contribution in [-0.4, -0.2) is 36.9 Å². The minimum absolute atomic E-state index is 0.0760. The van der Waals surface area contributed by atoms with Crippen molar-refractivity contribution < 1.29 is 18.7 Å². The summed E-state index contributed by atoms with van der Waals surface area (Å²) in [4.78, 5) is 28.1. The number of amides is 2. The number of halogens is 1. The van der Waals surface area contributed by atoms with Gasteiger partial charge in [-0.2, -0.15) is 0 Å². The Labute approximate surface area is 187 Å². The van der Waals surface area contributed by atoms with E-state index in [4.69, 9.17) is 4.74 Å². The number of nitrogens with zero attached hydrogens (tertiary/aromatic N) is 1.